The van der Waals surface area contributed by atoms with Crippen molar-refractivity contribution in [1.29, 1.82) is 0 Å². The Morgan fingerprint density at radius 3 is 2.55 bits per heavy atom. The topological polar surface area (TPSA) is 34.9 Å². The van der Waals surface area contributed by atoms with Crippen molar-refractivity contribution in [2.45, 2.75) is 0 Å². The molecule has 0 saturated heterocycles. The fourth-order valence-corrected chi connectivity index (χ4v) is 3.34. The number of benzene rings is 1. The Labute approximate surface area is 129 Å². The van der Waals surface area contributed by atoms with Crippen LogP contribution in [0.1, 0.15) is 16.1 Å². The molecule has 0 amide bonds. The molecular weight excluding hydrogens is 315 g/mol. The van der Waals surface area contributed by atoms with Crippen LogP contribution in [0.5, 0.6) is 0 Å². The van der Waals surface area contributed by atoms with E-state index in [1.165, 1.54) is 11.3 Å². The number of hydrogen-bond donors (Lipinski definition) is 0. The van der Waals surface area contributed by atoms with Crippen LogP contribution in [0.2, 0.25) is 8.67 Å². The third-order valence-electron chi connectivity index (χ3n) is 2.78. The molecule has 3 aromatic rings. The zero-order valence-corrected chi connectivity index (χ0v) is 12.4. The Morgan fingerprint density at radius 1 is 1.15 bits per heavy atom. The van der Waals surface area contributed by atoms with E-state index < -0.39 is 0 Å². The smallest absolute Gasteiger partial charge is 0.213 e. The van der Waals surface area contributed by atoms with E-state index in [0.717, 1.165) is 5.69 Å². The molecule has 3 rings (SSSR count). The normalized spacial score (nSPS) is 10.7. The Morgan fingerprint density at radius 2 is 1.90 bits per heavy atom. The molecular formula is C14H8Cl2N2OS. The molecule has 0 fully saturated rings. The van der Waals surface area contributed by atoms with Crippen LogP contribution in [-0.4, -0.2) is 15.6 Å². The van der Waals surface area contributed by atoms with Crippen LogP contribution in [-0.2, 0) is 0 Å². The molecule has 6 heteroatoms. The summed E-state index contributed by atoms with van der Waals surface area (Å²) in [6, 6.07) is 12.7. The lowest BCUT2D eigenvalue weighted by Crippen LogP contribution is -2.09. The largest absolute Gasteiger partial charge is 0.287 e. The van der Waals surface area contributed by atoms with Gasteiger partial charge in [-0.15, -0.1) is 11.3 Å². The molecule has 2 heterocycles. The van der Waals surface area contributed by atoms with E-state index >= 15 is 0 Å². The second-order valence-electron chi connectivity index (χ2n) is 4.03. The van der Waals surface area contributed by atoms with E-state index in [4.69, 9.17) is 23.2 Å². The van der Waals surface area contributed by atoms with Crippen LogP contribution in [0, 0.1) is 0 Å². The molecule has 3 nitrogen and oxygen atoms in total. The monoisotopic (exact) mass is 322 g/mol. The molecule has 0 atom stereocenters. The molecule has 0 unspecified atom stereocenters. The van der Waals surface area contributed by atoms with Crippen molar-refractivity contribution >= 4 is 40.3 Å². The number of nitrogens with zero attached hydrogens (tertiary/aromatic N) is 2. The minimum absolute atomic E-state index is 0.195. The maximum Gasteiger partial charge on any atom is 0.213 e. The standard InChI is InChI=1S/C14H8Cl2N2OS/c15-12-8-10(14(16)20-12)13(19)11-6-7-17-18(11)9-4-2-1-3-5-9/h1-8H. The van der Waals surface area contributed by atoms with Gasteiger partial charge in [0.2, 0.25) is 5.78 Å². The Hall–Kier alpha value is -1.62. The molecule has 0 N–H and O–H groups in total. The summed E-state index contributed by atoms with van der Waals surface area (Å²) in [5.74, 6) is -0.195. The van der Waals surface area contributed by atoms with Crippen molar-refractivity contribution < 1.29 is 4.79 Å². The van der Waals surface area contributed by atoms with E-state index in [0.29, 0.717) is 19.9 Å². The van der Waals surface area contributed by atoms with E-state index in [1.807, 2.05) is 30.3 Å². The maximum absolute atomic E-state index is 12.5. The van der Waals surface area contributed by atoms with Gasteiger partial charge in [0.1, 0.15) is 10.0 Å². The predicted molar refractivity (Wildman–Crippen MR) is 81.3 cm³/mol. The number of thiophene rings is 1. The number of carbonyl (C=O) groups excluding carboxylic acids is 1. The Kier molecular flexibility index (Phi) is 3.61. The third-order valence-corrected chi connectivity index (χ3v) is 4.27. The molecule has 2 aromatic heterocycles. The first-order valence-electron chi connectivity index (χ1n) is 5.76. The minimum atomic E-state index is -0.195. The Balaban J connectivity index is 2.06. The summed E-state index contributed by atoms with van der Waals surface area (Å²) in [5, 5.41) is 4.19. The van der Waals surface area contributed by atoms with Crippen molar-refractivity contribution in [3.63, 3.8) is 0 Å². The average molecular weight is 323 g/mol. The van der Waals surface area contributed by atoms with Crippen LogP contribution in [0.25, 0.3) is 5.69 Å². The first-order valence-corrected chi connectivity index (χ1v) is 7.33. The van der Waals surface area contributed by atoms with Gasteiger partial charge >= 0.3 is 0 Å². The first kappa shape index (κ1) is 13.4. The molecule has 100 valence electrons. The highest BCUT2D eigenvalue weighted by Crippen LogP contribution is 2.32. The van der Waals surface area contributed by atoms with Gasteiger partial charge in [-0.05, 0) is 24.3 Å². The second-order valence-corrected chi connectivity index (χ2v) is 6.32. The molecule has 0 bridgehead atoms. The summed E-state index contributed by atoms with van der Waals surface area (Å²) in [6.45, 7) is 0. The number of rotatable bonds is 3. The van der Waals surface area contributed by atoms with Gasteiger partial charge in [-0.1, -0.05) is 41.4 Å². The van der Waals surface area contributed by atoms with Gasteiger partial charge in [-0.25, -0.2) is 4.68 Å². The fourth-order valence-electron chi connectivity index (χ4n) is 1.88. The second kappa shape index (κ2) is 5.40. The lowest BCUT2D eigenvalue weighted by Gasteiger charge is -2.05. The highest BCUT2D eigenvalue weighted by molar-refractivity contribution is 7.20. The average Bonchev–Trinajstić information content (AvgIpc) is 3.05. The lowest BCUT2D eigenvalue weighted by atomic mass is 10.1. The number of aromatic nitrogens is 2. The molecule has 1 aromatic carbocycles. The molecule has 0 aliphatic carbocycles. The number of carbonyl (C=O) groups is 1. The summed E-state index contributed by atoms with van der Waals surface area (Å²) >= 11 is 13.1. The van der Waals surface area contributed by atoms with Gasteiger partial charge in [0.25, 0.3) is 0 Å². The van der Waals surface area contributed by atoms with E-state index in [2.05, 4.69) is 5.10 Å². The van der Waals surface area contributed by atoms with Gasteiger partial charge in [0, 0.05) is 0 Å². The fraction of sp³-hybridized carbons (Fsp3) is 0. The van der Waals surface area contributed by atoms with Gasteiger partial charge in [-0.3, -0.25) is 4.79 Å². The number of halogens is 2. The van der Waals surface area contributed by atoms with Crippen LogP contribution >= 0.6 is 34.5 Å². The molecule has 0 aliphatic rings. The van der Waals surface area contributed by atoms with E-state index in [9.17, 15) is 4.79 Å². The summed E-state index contributed by atoms with van der Waals surface area (Å²) in [5.41, 5.74) is 1.67. The minimum Gasteiger partial charge on any atom is -0.287 e. The molecule has 0 spiro atoms. The Bertz CT molecular complexity index is 765. The zero-order valence-electron chi connectivity index (χ0n) is 10.1. The van der Waals surface area contributed by atoms with Crippen molar-refractivity contribution in [3.8, 4) is 5.69 Å². The highest BCUT2D eigenvalue weighted by atomic mass is 35.5. The SMILES string of the molecule is O=C(c1cc(Cl)sc1Cl)c1ccnn1-c1ccccc1. The van der Waals surface area contributed by atoms with Crippen LogP contribution in [0.3, 0.4) is 0 Å². The summed E-state index contributed by atoms with van der Waals surface area (Å²) in [4.78, 5) is 12.5. The predicted octanol–water partition coefficient (Wildman–Crippen LogP) is 4.47. The van der Waals surface area contributed by atoms with Gasteiger partial charge in [0.05, 0.1) is 21.8 Å². The summed E-state index contributed by atoms with van der Waals surface area (Å²) in [6.07, 6.45) is 1.59. The van der Waals surface area contributed by atoms with Crippen molar-refractivity contribution in [2.75, 3.05) is 0 Å². The zero-order chi connectivity index (χ0) is 14.1. The molecule has 20 heavy (non-hydrogen) atoms. The van der Waals surface area contributed by atoms with Gasteiger partial charge in [-0.2, -0.15) is 5.10 Å². The maximum atomic E-state index is 12.5. The third kappa shape index (κ3) is 2.38. The van der Waals surface area contributed by atoms with Crippen molar-refractivity contribution in [3.05, 3.63) is 68.6 Å². The summed E-state index contributed by atoms with van der Waals surface area (Å²) < 4.78 is 2.47. The number of hydrogen-bond acceptors (Lipinski definition) is 3. The van der Waals surface area contributed by atoms with Crippen molar-refractivity contribution in [2.24, 2.45) is 0 Å². The lowest BCUT2D eigenvalue weighted by molar-refractivity contribution is 0.103. The quantitative estimate of drug-likeness (QED) is 0.667. The van der Waals surface area contributed by atoms with Crippen LogP contribution in [0.4, 0.5) is 0 Å². The molecule has 0 saturated carbocycles. The first-order chi connectivity index (χ1) is 9.66. The highest BCUT2D eigenvalue weighted by Gasteiger charge is 2.20. The van der Waals surface area contributed by atoms with Crippen molar-refractivity contribution in [1.82, 2.24) is 9.78 Å². The van der Waals surface area contributed by atoms with E-state index in [1.54, 1.807) is 23.0 Å². The van der Waals surface area contributed by atoms with Crippen LogP contribution < -0.4 is 0 Å². The number of ketones is 1. The molecule has 0 aliphatic heterocycles. The van der Waals surface area contributed by atoms with Gasteiger partial charge in [0.15, 0.2) is 0 Å². The van der Waals surface area contributed by atoms with E-state index in [-0.39, 0.29) is 5.78 Å². The molecule has 0 radical (unpaired) electrons. The van der Waals surface area contributed by atoms with Gasteiger partial charge < -0.3 is 0 Å². The van der Waals surface area contributed by atoms with Crippen LogP contribution in [0.15, 0.2) is 48.7 Å². The summed E-state index contributed by atoms with van der Waals surface area (Å²) in [7, 11) is 0. The number of para-hydroxylation sites is 1.